The van der Waals surface area contributed by atoms with Crippen LogP contribution in [0.25, 0.3) is 0 Å². The zero-order valence-electron chi connectivity index (χ0n) is 8.11. The molecule has 0 aromatic heterocycles. The lowest BCUT2D eigenvalue weighted by Crippen LogP contribution is -2.50. The Bertz CT molecular complexity index is 384. The highest BCUT2D eigenvalue weighted by molar-refractivity contribution is 6.91. The fraction of sp³-hybridized carbons (Fsp3) is 0. The van der Waals surface area contributed by atoms with Crippen molar-refractivity contribution in [2.75, 3.05) is 0 Å². The van der Waals surface area contributed by atoms with Gasteiger partial charge in [-0.15, -0.1) is 10.9 Å². The Morgan fingerprint density at radius 1 is 0.600 bits per heavy atom. The monoisotopic (exact) mass is 203 g/mol. The Morgan fingerprint density at radius 2 is 0.933 bits per heavy atom. The van der Waals surface area contributed by atoms with Gasteiger partial charge in [-0.3, -0.25) is 0 Å². The fourth-order valence-electron chi connectivity index (χ4n) is 1.58. The van der Waals surface area contributed by atoms with Crippen LogP contribution in [0.4, 0.5) is 8.63 Å². The summed E-state index contributed by atoms with van der Waals surface area (Å²) in [5, 5.41) is 0. The molecule has 0 fully saturated rings. The fourth-order valence-corrected chi connectivity index (χ4v) is 1.58. The van der Waals surface area contributed by atoms with Crippen molar-refractivity contribution in [1.82, 2.24) is 0 Å². The smallest absolute Gasteiger partial charge is 0.361 e. The van der Waals surface area contributed by atoms with E-state index in [1.807, 2.05) is 0 Å². The van der Waals surface area contributed by atoms with Gasteiger partial charge in [-0.1, -0.05) is 60.7 Å². The quantitative estimate of drug-likeness (QED) is 0.656. The third-order valence-corrected chi connectivity index (χ3v) is 2.44. The maximum Gasteiger partial charge on any atom is 0.361 e. The predicted octanol–water partition coefficient (Wildman–Crippen LogP) is 2.18. The highest BCUT2D eigenvalue weighted by atomic mass is 19.2. The lowest BCUT2D eigenvalue weighted by molar-refractivity contribution is 0.654. The molecule has 2 aromatic rings. The van der Waals surface area contributed by atoms with Gasteiger partial charge in [-0.05, 0) is 0 Å². The molecular formula is C12H10BF2-. The molecule has 15 heavy (non-hydrogen) atoms. The average Bonchev–Trinajstić information content (AvgIpc) is 2.31. The minimum atomic E-state index is -3.61. The largest absolute Gasteiger partial charge is 0.469 e. The van der Waals surface area contributed by atoms with Gasteiger partial charge in [0.1, 0.15) is 0 Å². The molecule has 0 unspecified atom stereocenters. The second kappa shape index (κ2) is 3.85. The van der Waals surface area contributed by atoms with Crippen molar-refractivity contribution in [3.05, 3.63) is 60.7 Å². The van der Waals surface area contributed by atoms with Crippen LogP contribution < -0.4 is 10.9 Å². The molecule has 3 heteroatoms. The van der Waals surface area contributed by atoms with Crippen LogP contribution in [0.3, 0.4) is 0 Å². The number of hydrogen-bond donors (Lipinski definition) is 0. The molecule has 0 saturated carbocycles. The highest BCUT2D eigenvalue weighted by Crippen LogP contribution is 2.07. The van der Waals surface area contributed by atoms with Crippen molar-refractivity contribution in [2.24, 2.45) is 0 Å². The van der Waals surface area contributed by atoms with E-state index in [4.69, 9.17) is 0 Å². The summed E-state index contributed by atoms with van der Waals surface area (Å²) in [6.07, 6.45) is 0. The van der Waals surface area contributed by atoms with Crippen LogP contribution in [0.15, 0.2) is 60.7 Å². The van der Waals surface area contributed by atoms with E-state index in [1.165, 1.54) is 24.3 Å². The molecule has 0 saturated heterocycles. The van der Waals surface area contributed by atoms with E-state index in [2.05, 4.69) is 0 Å². The zero-order chi connectivity index (χ0) is 10.7. The molecule has 0 N–H and O–H groups in total. The first-order valence-electron chi connectivity index (χ1n) is 4.84. The third kappa shape index (κ3) is 1.91. The molecule has 0 atom stereocenters. The van der Waals surface area contributed by atoms with Gasteiger partial charge in [-0.25, -0.2) is 0 Å². The van der Waals surface area contributed by atoms with E-state index in [0.29, 0.717) is 0 Å². The Kier molecular flexibility index (Phi) is 2.54. The number of benzene rings is 2. The zero-order valence-corrected chi connectivity index (χ0v) is 8.11. The minimum Gasteiger partial charge on any atom is -0.469 e. The van der Waals surface area contributed by atoms with Gasteiger partial charge in [0.15, 0.2) is 0 Å². The number of halogens is 2. The van der Waals surface area contributed by atoms with Crippen LogP contribution in [0, 0.1) is 0 Å². The first-order valence-corrected chi connectivity index (χ1v) is 4.84. The Balaban J connectivity index is 2.44. The van der Waals surface area contributed by atoms with Crippen molar-refractivity contribution in [1.29, 1.82) is 0 Å². The summed E-state index contributed by atoms with van der Waals surface area (Å²) < 4.78 is 27.9. The first-order chi connectivity index (χ1) is 7.21. The summed E-state index contributed by atoms with van der Waals surface area (Å²) in [5.74, 6) is 0. The van der Waals surface area contributed by atoms with Crippen LogP contribution >= 0.6 is 0 Å². The van der Waals surface area contributed by atoms with E-state index < -0.39 is 6.70 Å². The Hall–Kier alpha value is -1.64. The normalized spacial score (nSPS) is 11.3. The van der Waals surface area contributed by atoms with E-state index >= 15 is 0 Å². The molecule has 2 rings (SSSR count). The van der Waals surface area contributed by atoms with Crippen molar-refractivity contribution in [3.8, 4) is 0 Å². The van der Waals surface area contributed by atoms with Crippen molar-refractivity contribution < 1.29 is 8.63 Å². The summed E-state index contributed by atoms with van der Waals surface area (Å²) in [5.41, 5.74) is 0.174. The summed E-state index contributed by atoms with van der Waals surface area (Å²) in [4.78, 5) is 0. The molecule has 0 heterocycles. The Morgan fingerprint density at radius 3 is 1.27 bits per heavy atom. The number of hydrogen-bond acceptors (Lipinski definition) is 0. The predicted molar refractivity (Wildman–Crippen MR) is 60.1 cm³/mol. The molecule has 2 aromatic carbocycles. The summed E-state index contributed by atoms with van der Waals surface area (Å²) in [6, 6.07) is 15.9. The van der Waals surface area contributed by atoms with Gasteiger partial charge in [0.25, 0.3) is 0 Å². The van der Waals surface area contributed by atoms with Crippen LogP contribution in [0.1, 0.15) is 0 Å². The van der Waals surface area contributed by atoms with Gasteiger partial charge >= 0.3 is 6.70 Å². The lowest BCUT2D eigenvalue weighted by atomic mass is 9.53. The first kappa shape index (κ1) is 9.90. The van der Waals surface area contributed by atoms with Gasteiger partial charge < -0.3 is 8.63 Å². The van der Waals surface area contributed by atoms with Crippen molar-refractivity contribution >= 4 is 17.6 Å². The molecule has 0 radical (unpaired) electrons. The van der Waals surface area contributed by atoms with E-state index in [1.54, 1.807) is 36.4 Å². The van der Waals surface area contributed by atoms with Crippen LogP contribution in [0.2, 0.25) is 0 Å². The molecule has 0 spiro atoms. The maximum atomic E-state index is 14.0. The highest BCUT2D eigenvalue weighted by Gasteiger charge is 2.26. The second-order valence-corrected chi connectivity index (χ2v) is 3.48. The molecule has 0 bridgehead atoms. The Labute approximate surface area is 87.6 Å². The summed E-state index contributed by atoms with van der Waals surface area (Å²) >= 11 is 0. The van der Waals surface area contributed by atoms with Gasteiger partial charge in [0.2, 0.25) is 0 Å². The van der Waals surface area contributed by atoms with Gasteiger partial charge in [-0.2, -0.15) is 0 Å². The SMILES string of the molecule is F[B-](F)(c1ccccc1)c1ccccc1. The average molecular weight is 203 g/mol. The van der Waals surface area contributed by atoms with Crippen molar-refractivity contribution in [2.45, 2.75) is 0 Å². The third-order valence-electron chi connectivity index (χ3n) is 2.44. The van der Waals surface area contributed by atoms with Crippen LogP contribution in [-0.4, -0.2) is 6.70 Å². The van der Waals surface area contributed by atoms with E-state index in [9.17, 15) is 8.63 Å². The number of rotatable bonds is 2. The van der Waals surface area contributed by atoms with Crippen LogP contribution in [-0.2, 0) is 0 Å². The lowest BCUT2D eigenvalue weighted by Gasteiger charge is -2.25. The molecule has 76 valence electrons. The molecule has 0 nitrogen and oxygen atoms in total. The second-order valence-electron chi connectivity index (χ2n) is 3.48. The minimum absolute atomic E-state index is 0.0868. The van der Waals surface area contributed by atoms with Crippen LogP contribution in [0.5, 0.6) is 0 Å². The van der Waals surface area contributed by atoms with Gasteiger partial charge in [0.05, 0.1) is 0 Å². The molecule has 0 aliphatic carbocycles. The van der Waals surface area contributed by atoms with Crippen molar-refractivity contribution in [3.63, 3.8) is 0 Å². The molecular weight excluding hydrogens is 193 g/mol. The summed E-state index contributed by atoms with van der Waals surface area (Å²) in [7, 11) is 0. The van der Waals surface area contributed by atoms with E-state index in [-0.39, 0.29) is 10.9 Å². The standard InChI is InChI=1S/C12H10BF2/c14-13(15,11-7-3-1-4-8-11)12-9-5-2-6-10-12/h1-10H/q-1. The molecule has 0 aliphatic heterocycles. The molecule has 0 amide bonds. The topological polar surface area (TPSA) is 0 Å². The summed E-state index contributed by atoms with van der Waals surface area (Å²) in [6.45, 7) is -3.61. The van der Waals surface area contributed by atoms with E-state index in [0.717, 1.165) is 0 Å². The maximum absolute atomic E-state index is 14.0. The van der Waals surface area contributed by atoms with Gasteiger partial charge in [0, 0.05) is 0 Å². The molecule has 0 aliphatic rings.